The van der Waals surface area contributed by atoms with E-state index in [0.717, 1.165) is 18.6 Å². The first-order valence-corrected chi connectivity index (χ1v) is 8.64. The molecule has 5 heteroatoms. The summed E-state index contributed by atoms with van der Waals surface area (Å²) in [5.41, 5.74) is 0.671. The molecule has 1 spiro atoms. The number of hydrogen-bond donors (Lipinski definition) is 0. The van der Waals surface area contributed by atoms with Crippen LogP contribution in [0.5, 0.6) is 11.5 Å². The first-order chi connectivity index (χ1) is 12.2. The van der Waals surface area contributed by atoms with Crippen molar-refractivity contribution in [2.75, 3.05) is 26.3 Å². The largest absolute Gasteiger partial charge is 0.457 e. The summed E-state index contributed by atoms with van der Waals surface area (Å²) in [7, 11) is 0. The molecule has 0 atom stereocenters. The molecule has 0 aliphatic carbocycles. The van der Waals surface area contributed by atoms with Gasteiger partial charge in [0, 0.05) is 31.5 Å². The van der Waals surface area contributed by atoms with Crippen molar-refractivity contribution in [3.05, 3.63) is 60.2 Å². The number of carbonyl (C=O) groups excluding carboxylic acids is 1. The number of amides is 1. The lowest BCUT2D eigenvalue weighted by molar-refractivity contribution is -0.181. The molecule has 4 rings (SSSR count). The second-order valence-electron chi connectivity index (χ2n) is 6.34. The van der Waals surface area contributed by atoms with Crippen LogP contribution in [-0.2, 0) is 9.47 Å². The smallest absolute Gasteiger partial charge is 0.253 e. The fourth-order valence-corrected chi connectivity index (χ4v) is 3.31. The molecule has 2 aromatic carbocycles. The molecule has 5 nitrogen and oxygen atoms in total. The van der Waals surface area contributed by atoms with Crippen molar-refractivity contribution >= 4 is 5.91 Å². The van der Waals surface area contributed by atoms with E-state index >= 15 is 0 Å². The summed E-state index contributed by atoms with van der Waals surface area (Å²) in [6.45, 7) is 2.61. The maximum Gasteiger partial charge on any atom is 0.253 e. The van der Waals surface area contributed by atoms with Gasteiger partial charge in [-0.2, -0.15) is 0 Å². The van der Waals surface area contributed by atoms with Crippen LogP contribution >= 0.6 is 0 Å². The minimum absolute atomic E-state index is 0.0408. The van der Waals surface area contributed by atoms with Gasteiger partial charge in [-0.1, -0.05) is 18.2 Å². The number of carbonyl (C=O) groups is 1. The van der Waals surface area contributed by atoms with Crippen LogP contribution in [-0.4, -0.2) is 42.9 Å². The van der Waals surface area contributed by atoms with E-state index in [4.69, 9.17) is 14.2 Å². The fourth-order valence-electron chi connectivity index (χ4n) is 3.31. The summed E-state index contributed by atoms with van der Waals surface area (Å²) in [6.07, 6.45) is 1.46. The molecule has 0 N–H and O–H groups in total. The van der Waals surface area contributed by atoms with Gasteiger partial charge in [-0.05, 0) is 36.4 Å². The number of benzene rings is 2. The minimum atomic E-state index is -0.454. The Morgan fingerprint density at radius 3 is 2.12 bits per heavy atom. The Morgan fingerprint density at radius 1 is 0.880 bits per heavy atom. The van der Waals surface area contributed by atoms with Gasteiger partial charge in [-0.15, -0.1) is 0 Å². The topological polar surface area (TPSA) is 48.0 Å². The highest BCUT2D eigenvalue weighted by atomic mass is 16.7. The van der Waals surface area contributed by atoms with E-state index in [9.17, 15) is 4.79 Å². The van der Waals surface area contributed by atoms with Crippen molar-refractivity contribution in [1.82, 2.24) is 4.90 Å². The Balaban J connectivity index is 1.38. The number of likely N-dealkylation sites (tertiary alicyclic amines) is 1. The Labute approximate surface area is 147 Å². The molecular formula is C20H21NO4. The summed E-state index contributed by atoms with van der Waals surface area (Å²) >= 11 is 0. The zero-order valence-corrected chi connectivity index (χ0v) is 14.0. The van der Waals surface area contributed by atoms with Crippen LogP contribution in [0.2, 0.25) is 0 Å². The van der Waals surface area contributed by atoms with Crippen LogP contribution in [0.3, 0.4) is 0 Å². The Hall–Kier alpha value is -2.37. The van der Waals surface area contributed by atoms with E-state index in [1.54, 1.807) is 0 Å². The molecule has 2 heterocycles. The second kappa shape index (κ2) is 6.86. The number of ether oxygens (including phenoxy) is 3. The number of piperidine rings is 1. The predicted octanol–water partition coefficient (Wildman–Crippen LogP) is 3.46. The van der Waals surface area contributed by atoms with Crippen LogP contribution in [0.25, 0.3) is 0 Å². The Morgan fingerprint density at radius 2 is 1.48 bits per heavy atom. The number of hydrogen-bond acceptors (Lipinski definition) is 4. The van der Waals surface area contributed by atoms with E-state index in [1.807, 2.05) is 59.5 Å². The third-order valence-electron chi connectivity index (χ3n) is 4.71. The normalized spacial score (nSPS) is 19.1. The summed E-state index contributed by atoms with van der Waals surface area (Å²) in [6, 6.07) is 16.9. The quantitative estimate of drug-likeness (QED) is 0.859. The Kier molecular flexibility index (Phi) is 4.42. The molecule has 1 amide bonds. The SMILES string of the molecule is O=C(c1ccc(Oc2ccccc2)cc1)N1CCC2(CC1)OCCO2. The molecule has 0 radical (unpaired) electrons. The summed E-state index contributed by atoms with van der Waals surface area (Å²) < 4.78 is 17.2. The van der Waals surface area contributed by atoms with Crippen molar-refractivity contribution in [1.29, 1.82) is 0 Å². The molecular weight excluding hydrogens is 318 g/mol. The van der Waals surface area contributed by atoms with Crippen LogP contribution in [0.1, 0.15) is 23.2 Å². The zero-order valence-electron chi connectivity index (χ0n) is 14.0. The third-order valence-corrected chi connectivity index (χ3v) is 4.71. The molecule has 2 aliphatic heterocycles. The van der Waals surface area contributed by atoms with E-state index in [1.165, 1.54) is 0 Å². The standard InChI is InChI=1S/C20H21NO4/c22-19(21-12-10-20(11-13-21)23-14-15-24-20)16-6-8-18(9-7-16)25-17-4-2-1-3-5-17/h1-9H,10-15H2. The van der Waals surface area contributed by atoms with E-state index < -0.39 is 5.79 Å². The minimum Gasteiger partial charge on any atom is -0.457 e. The van der Waals surface area contributed by atoms with Gasteiger partial charge in [0.15, 0.2) is 5.79 Å². The van der Waals surface area contributed by atoms with Crippen molar-refractivity contribution in [3.63, 3.8) is 0 Å². The van der Waals surface area contributed by atoms with Crippen molar-refractivity contribution in [2.24, 2.45) is 0 Å². The first-order valence-electron chi connectivity index (χ1n) is 8.64. The van der Waals surface area contributed by atoms with E-state index in [2.05, 4.69) is 0 Å². The van der Waals surface area contributed by atoms with Gasteiger partial charge in [0.25, 0.3) is 5.91 Å². The van der Waals surface area contributed by atoms with Gasteiger partial charge in [-0.3, -0.25) is 4.79 Å². The molecule has 0 bridgehead atoms. The average molecular weight is 339 g/mol. The van der Waals surface area contributed by atoms with Gasteiger partial charge in [0.1, 0.15) is 11.5 Å². The molecule has 2 saturated heterocycles. The lowest BCUT2D eigenvalue weighted by Crippen LogP contribution is -2.47. The molecule has 2 fully saturated rings. The molecule has 0 unspecified atom stereocenters. The summed E-state index contributed by atoms with van der Waals surface area (Å²) in [5, 5.41) is 0. The Bertz CT molecular complexity index is 713. The number of para-hydroxylation sites is 1. The van der Waals surface area contributed by atoms with Gasteiger partial charge in [-0.25, -0.2) is 0 Å². The predicted molar refractivity (Wildman–Crippen MR) is 92.7 cm³/mol. The average Bonchev–Trinajstić information content (AvgIpc) is 3.11. The van der Waals surface area contributed by atoms with Gasteiger partial charge in [0.05, 0.1) is 13.2 Å². The monoisotopic (exact) mass is 339 g/mol. The lowest BCUT2D eigenvalue weighted by atomic mass is 10.0. The van der Waals surface area contributed by atoms with Crippen molar-refractivity contribution in [3.8, 4) is 11.5 Å². The van der Waals surface area contributed by atoms with E-state index in [-0.39, 0.29) is 5.91 Å². The first kappa shape index (κ1) is 16.1. The van der Waals surface area contributed by atoms with Crippen LogP contribution < -0.4 is 4.74 Å². The summed E-state index contributed by atoms with van der Waals surface area (Å²) in [5.74, 6) is 1.08. The van der Waals surface area contributed by atoms with Crippen molar-refractivity contribution < 1.29 is 19.0 Å². The number of rotatable bonds is 3. The molecule has 130 valence electrons. The third kappa shape index (κ3) is 3.52. The highest BCUT2D eigenvalue weighted by Crippen LogP contribution is 2.32. The van der Waals surface area contributed by atoms with Crippen LogP contribution in [0.15, 0.2) is 54.6 Å². The van der Waals surface area contributed by atoms with Crippen LogP contribution in [0, 0.1) is 0 Å². The highest BCUT2D eigenvalue weighted by molar-refractivity contribution is 5.94. The maximum atomic E-state index is 12.7. The van der Waals surface area contributed by atoms with Crippen LogP contribution in [0.4, 0.5) is 0 Å². The lowest BCUT2D eigenvalue weighted by Gasteiger charge is -2.37. The highest BCUT2D eigenvalue weighted by Gasteiger charge is 2.40. The molecule has 2 aliphatic rings. The fraction of sp³-hybridized carbons (Fsp3) is 0.350. The zero-order chi connectivity index (χ0) is 17.1. The van der Waals surface area contributed by atoms with Gasteiger partial charge in [0.2, 0.25) is 0 Å². The molecule has 2 aromatic rings. The second-order valence-corrected chi connectivity index (χ2v) is 6.34. The van der Waals surface area contributed by atoms with Crippen molar-refractivity contribution in [2.45, 2.75) is 18.6 Å². The summed E-state index contributed by atoms with van der Waals surface area (Å²) in [4.78, 5) is 14.5. The van der Waals surface area contributed by atoms with E-state index in [0.29, 0.717) is 37.6 Å². The number of nitrogens with zero attached hydrogens (tertiary/aromatic N) is 1. The van der Waals surface area contributed by atoms with Gasteiger partial charge >= 0.3 is 0 Å². The maximum absolute atomic E-state index is 12.7. The van der Waals surface area contributed by atoms with Gasteiger partial charge < -0.3 is 19.1 Å². The molecule has 0 saturated carbocycles. The molecule has 25 heavy (non-hydrogen) atoms. The molecule has 0 aromatic heterocycles.